The van der Waals surface area contributed by atoms with Gasteiger partial charge >= 0.3 is 6.09 Å². The standard InChI is InChI=1S/C25H25N3O3.C2H7N/c1-17-21(8-6-18-2-4-20(16-26)5-3-18)9-10-22-23(27-31-24(17)22)11-7-19-12-14-28(15-13-19)25(29)30;1-3-2/h2-6,8-10,19H,7,11-15H2,1H3,(H,29,30);3H,1-2H3. The van der Waals surface area contributed by atoms with E-state index in [0.717, 1.165) is 59.0 Å². The lowest BCUT2D eigenvalue weighted by molar-refractivity contribution is 0.123. The topological polar surface area (TPSA) is 102 Å². The van der Waals surface area contributed by atoms with Crippen molar-refractivity contribution in [1.29, 1.82) is 5.26 Å². The van der Waals surface area contributed by atoms with E-state index in [2.05, 4.69) is 34.8 Å². The van der Waals surface area contributed by atoms with Gasteiger partial charge in [0.15, 0.2) is 5.58 Å². The zero-order valence-corrected chi connectivity index (χ0v) is 20.0. The Kier molecular flexibility index (Phi) is 8.83. The van der Waals surface area contributed by atoms with Crippen LogP contribution < -0.4 is 5.32 Å². The monoisotopic (exact) mass is 460 g/mol. The molecular weight excluding hydrogens is 428 g/mol. The number of carbonyl (C=O) groups is 1. The van der Waals surface area contributed by atoms with Gasteiger partial charge in [-0.05, 0) is 81.9 Å². The second-order valence-electron chi connectivity index (χ2n) is 8.60. The van der Waals surface area contributed by atoms with Crippen molar-refractivity contribution >= 4 is 29.2 Å². The first-order chi connectivity index (χ1) is 16.5. The quantitative estimate of drug-likeness (QED) is 0.499. The highest BCUT2D eigenvalue weighted by molar-refractivity contribution is 5.87. The van der Waals surface area contributed by atoms with Gasteiger partial charge in [-0.2, -0.15) is 5.26 Å². The number of nitrogens with zero attached hydrogens (tertiary/aromatic N) is 3. The van der Waals surface area contributed by atoms with Gasteiger partial charge in [0, 0.05) is 24.0 Å². The summed E-state index contributed by atoms with van der Waals surface area (Å²) < 4.78 is 5.69. The molecule has 7 heteroatoms. The molecule has 34 heavy (non-hydrogen) atoms. The summed E-state index contributed by atoms with van der Waals surface area (Å²) in [5.41, 5.74) is 5.60. The number of piperidine rings is 1. The number of rotatable bonds is 5. The van der Waals surface area contributed by atoms with E-state index in [1.165, 1.54) is 4.90 Å². The number of aromatic nitrogens is 1. The Morgan fingerprint density at radius 2 is 1.88 bits per heavy atom. The lowest BCUT2D eigenvalue weighted by Gasteiger charge is -2.29. The lowest BCUT2D eigenvalue weighted by atomic mass is 9.91. The molecule has 2 heterocycles. The number of nitriles is 1. The van der Waals surface area contributed by atoms with Crippen LogP contribution >= 0.6 is 0 Å². The number of aryl methyl sites for hydroxylation is 2. The molecule has 0 bridgehead atoms. The Morgan fingerprint density at radius 3 is 2.50 bits per heavy atom. The number of likely N-dealkylation sites (tertiary alicyclic amines) is 1. The number of amides is 1. The van der Waals surface area contributed by atoms with Crippen molar-refractivity contribution in [3.05, 3.63) is 64.3 Å². The Morgan fingerprint density at radius 1 is 1.21 bits per heavy atom. The average Bonchev–Trinajstić information content (AvgIpc) is 3.27. The average molecular weight is 461 g/mol. The largest absolute Gasteiger partial charge is 0.465 e. The third kappa shape index (κ3) is 6.24. The minimum Gasteiger partial charge on any atom is -0.465 e. The summed E-state index contributed by atoms with van der Waals surface area (Å²) in [6, 6.07) is 13.8. The molecule has 0 spiro atoms. The molecule has 1 amide bonds. The Bertz CT molecular complexity index is 1170. The van der Waals surface area contributed by atoms with E-state index in [4.69, 9.17) is 14.9 Å². The van der Waals surface area contributed by atoms with Crippen LogP contribution in [0.4, 0.5) is 4.79 Å². The maximum atomic E-state index is 11.1. The van der Waals surface area contributed by atoms with E-state index in [9.17, 15) is 4.79 Å². The van der Waals surface area contributed by atoms with Crippen LogP contribution in [0.15, 0.2) is 40.9 Å². The number of hydrogen-bond acceptors (Lipinski definition) is 5. The molecule has 0 unspecified atom stereocenters. The molecule has 0 saturated carbocycles. The highest BCUT2D eigenvalue weighted by Crippen LogP contribution is 2.29. The van der Waals surface area contributed by atoms with Gasteiger partial charge in [-0.3, -0.25) is 0 Å². The molecular formula is C27H32N4O3. The van der Waals surface area contributed by atoms with Crippen LogP contribution in [0.1, 0.15) is 47.2 Å². The van der Waals surface area contributed by atoms with Gasteiger partial charge in [-0.15, -0.1) is 0 Å². The van der Waals surface area contributed by atoms with Crippen LogP contribution in [0.25, 0.3) is 23.1 Å². The van der Waals surface area contributed by atoms with E-state index in [0.29, 0.717) is 24.6 Å². The third-order valence-electron chi connectivity index (χ3n) is 6.18. The number of benzene rings is 2. The molecule has 1 aromatic heterocycles. The second kappa shape index (κ2) is 12.0. The molecule has 7 nitrogen and oxygen atoms in total. The molecule has 2 N–H and O–H groups in total. The fraction of sp³-hybridized carbons (Fsp3) is 0.370. The maximum absolute atomic E-state index is 11.1. The minimum absolute atomic E-state index is 0.526. The smallest absolute Gasteiger partial charge is 0.407 e. The Hall–Kier alpha value is -3.63. The number of fused-ring (bicyclic) bond motifs is 1. The molecule has 0 radical (unpaired) electrons. The predicted octanol–water partition coefficient (Wildman–Crippen LogP) is 5.34. The van der Waals surface area contributed by atoms with E-state index in [1.807, 2.05) is 51.4 Å². The Balaban J connectivity index is 0.00000103. The fourth-order valence-electron chi connectivity index (χ4n) is 4.17. The van der Waals surface area contributed by atoms with Gasteiger partial charge < -0.3 is 19.8 Å². The normalized spacial score (nSPS) is 14.1. The molecule has 3 aromatic rings. The molecule has 0 atom stereocenters. The third-order valence-corrected chi connectivity index (χ3v) is 6.18. The molecule has 4 rings (SSSR count). The first-order valence-corrected chi connectivity index (χ1v) is 11.6. The first kappa shape index (κ1) is 25.0. The zero-order valence-electron chi connectivity index (χ0n) is 20.0. The lowest BCUT2D eigenvalue weighted by Crippen LogP contribution is -2.37. The molecule has 1 aliphatic rings. The molecule has 0 aliphatic carbocycles. The number of hydrogen-bond donors (Lipinski definition) is 2. The molecule has 1 aliphatic heterocycles. The van der Waals surface area contributed by atoms with Crippen LogP contribution in [-0.4, -0.2) is 48.4 Å². The van der Waals surface area contributed by atoms with Crippen LogP contribution in [0, 0.1) is 24.2 Å². The van der Waals surface area contributed by atoms with E-state index in [-0.39, 0.29) is 0 Å². The van der Waals surface area contributed by atoms with Gasteiger partial charge in [-0.25, -0.2) is 4.79 Å². The SMILES string of the molecule is CNC.Cc1c(C=Cc2ccc(C#N)cc2)ccc2c(CCC3CCN(C(=O)O)CC3)noc12. The van der Waals surface area contributed by atoms with E-state index >= 15 is 0 Å². The minimum atomic E-state index is -0.819. The van der Waals surface area contributed by atoms with Crippen molar-refractivity contribution < 1.29 is 14.4 Å². The summed E-state index contributed by atoms with van der Waals surface area (Å²) in [6.07, 6.45) is 6.90. The van der Waals surface area contributed by atoms with Crippen LogP contribution in [0.2, 0.25) is 0 Å². The second-order valence-corrected chi connectivity index (χ2v) is 8.60. The van der Waals surface area contributed by atoms with Gasteiger partial charge in [-0.1, -0.05) is 35.5 Å². The summed E-state index contributed by atoms with van der Waals surface area (Å²) in [6.45, 7) is 3.28. The van der Waals surface area contributed by atoms with Crippen molar-refractivity contribution in [2.75, 3.05) is 27.2 Å². The van der Waals surface area contributed by atoms with Gasteiger partial charge in [0.05, 0.1) is 17.3 Å². The summed E-state index contributed by atoms with van der Waals surface area (Å²) in [4.78, 5) is 12.6. The van der Waals surface area contributed by atoms with Gasteiger partial charge in [0.25, 0.3) is 0 Å². The van der Waals surface area contributed by atoms with Crippen LogP contribution in [-0.2, 0) is 6.42 Å². The molecule has 2 aromatic carbocycles. The maximum Gasteiger partial charge on any atom is 0.407 e. The van der Waals surface area contributed by atoms with Crippen molar-refractivity contribution in [1.82, 2.24) is 15.4 Å². The number of carboxylic acid groups (broad SMARTS) is 1. The summed E-state index contributed by atoms with van der Waals surface area (Å²) in [5.74, 6) is 0.526. The highest BCUT2D eigenvalue weighted by Gasteiger charge is 2.23. The van der Waals surface area contributed by atoms with Gasteiger partial charge in [0.2, 0.25) is 0 Å². The summed E-state index contributed by atoms with van der Waals surface area (Å²) in [5, 5.41) is 26.1. The number of nitrogens with one attached hydrogen (secondary N) is 1. The molecule has 178 valence electrons. The fourth-order valence-corrected chi connectivity index (χ4v) is 4.17. The predicted molar refractivity (Wildman–Crippen MR) is 134 cm³/mol. The van der Waals surface area contributed by atoms with Crippen molar-refractivity contribution in [3.8, 4) is 6.07 Å². The zero-order chi connectivity index (χ0) is 24.5. The Labute approximate surface area is 200 Å². The molecule has 1 saturated heterocycles. The summed E-state index contributed by atoms with van der Waals surface area (Å²) >= 11 is 0. The van der Waals surface area contributed by atoms with Crippen LogP contribution in [0.5, 0.6) is 0 Å². The highest BCUT2D eigenvalue weighted by atomic mass is 16.5. The van der Waals surface area contributed by atoms with Crippen molar-refractivity contribution in [3.63, 3.8) is 0 Å². The molecule has 1 fully saturated rings. The van der Waals surface area contributed by atoms with Gasteiger partial charge in [0.1, 0.15) is 0 Å². The first-order valence-electron chi connectivity index (χ1n) is 11.6. The summed E-state index contributed by atoms with van der Waals surface area (Å²) in [7, 11) is 3.75. The van der Waals surface area contributed by atoms with E-state index < -0.39 is 6.09 Å². The van der Waals surface area contributed by atoms with Crippen molar-refractivity contribution in [2.24, 2.45) is 5.92 Å². The van der Waals surface area contributed by atoms with Crippen molar-refractivity contribution in [2.45, 2.75) is 32.6 Å². The van der Waals surface area contributed by atoms with E-state index in [1.54, 1.807) is 0 Å². The van der Waals surface area contributed by atoms with Crippen LogP contribution in [0.3, 0.4) is 0 Å².